The van der Waals surface area contributed by atoms with Gasteiger partial charge in [0.2, 0.25) is 5.89 Å². The Bertz CT molecular complexity index is 596. The van der Waals surface area contributed by atoms with Gasteiger partial charge in [-0.3, -0.25) is 0 Å². The zero-order valence-electron chi connectivity index (χ0n) is 11.4. The quantitative estimate of drug-likeness (QED) is 0.785. The Kier molecular flexibility index (Phi) is 5.83. The molecule has 2 aromatic rings. The number of pyridine rings is 1. The van der Waals surface area contributed by atoms with E-state index in [2.05, 4.69) is 9.97 Å². The lowest BCUT2D eigenvalue weighted by Gasteiger charge is -2.12. The van der Waals surface area contributed by atoms with Crippen LogP contribution in [0.4, 0.5) is 13.2 Å². The molecule has 0 aliphatic carbocycles. The summed E-state index contributed by atoms with van der Waals surface area (Å²) in [5, 5.41) is 16.9. The number of carboxylic acid groups (broad SMARTS) is 1. The number of oxazole rings is 1. The SMILES string of the molecule is CCC(N)C(O)c1nc2ncccc2o1.O=C(O)C(F)(F)F. The van der Waals surface area contributed by atoms with Crippen LogP contribution < -0.4 is 5.73 Å². The van der Waals surface area contributed by atoms with Gasteiger partial charge in [-0.1, -0.05) is 6.92 Å². The molecule has 0 aromatic carbocycles. The summed E-state index contributed by atoms with van der Waals surface area (Å²) in [6.45, 7) is 1.90. The number of alkyl halides is 3. The van der Waals surface area contributed by atoms with E-state index in [0.29, 0.717) is 17.7 Å². The van der Waals surface area contributed by atoms with E-state index in [4.69, 9.17) is 20.1 Å². The summed E-state index contributed by atoms with van der Waals surface area (Å²) >= 11 is 0. The number of carbonyl (C=O) groups is 1. The number of aliphatic hydroxyl groups excluding tert-OH is 1. The summed E-state index contributed by atoms with van der Waals surface area (Å²) in [7, 11) is 0. The molecule has 0 saturated heterocycles. The molecule has 2 heterocycles. The number of fused-ring (bicyclic) bond motifs is 1. The lowest BCUT2D eigenvalue weighted by atomic mass is 10.1. The molecule has 22 heavy (non-hydrogen) atoms. The highest BCUT2D eigenvalue weighted by Crippen LogP contribution is 2.20. The molecule has 2 rings (SSSR count). The average Bonchev–Trinajstić information content (AvgIpc) is 2.89. The molecule has 0 fully saturated rings. The first-order valence-corrected chi connectivity index (χ1v) is 6.12. The largest absolute Gasteiger partial charge is 0.490 e. The number of hydrogen-bond acceptors (Lipinski definition) is 6. The van der Waals surface area contributed by atoms with Gasteiger partial charge in [-0.25, -0.2) is 9.78 Å². The maximum absolute atomic E-state index is 10.6. The van der Waals surface area contributed by atoms with E-state index in [-0.39, 0.29) is 11.9 Å². The third-order valence-corrected chi connectivity index (χ3v) is 2.55. The van der Waals surface area contributed by atoms with Crippen molar-refractivity contribution in [3.8, 4) is 0 Å². The molecule has 122 valence electrons. The van der Waals surface area contributed by atoms with Crippen LogP contribution in [-0.2, 0) is 4.79 Å². The molecule has 10 heteroatoms. The van der Waals surface area contributed by atoms with Gasteiger partial charge in [-0.2, -0.15) is 18.2 Å². The highest BCUT2D eigenvalue weighted by molar-refractivity contribution is 5.73. The van der Waals surface area contributed by atoms with Gasteiger partial charge in [-0.15, -0.1) is 0 Å². The number of halogens is 3. The molecule has 4 N–H and O–H groups in total. The van der Waals surface area contributed by atoms with Crippen molar-refractivity contribution in [1.29, 1.82) is 0 Å². The Morgan fingerprint density at radius 3 is 2.55 bits per heavy atom. The van der Waals surface area contributed by atoms with Crippen molar-refractivity contribution in [2.45, 2.75) is 31.7 Å². The van der Waals surface area contributed by atoms with E-state index in [1.807, 2.05) is 6.92 Å². The molecule has 0 saturated carbocycles. The van der Waals surface area contributed by atoms with Gasteiger partial charge in [0.1, 0.15) is 6.10 Å². The lowest BCUT2D eigenvalue weighted by molar-refractivity contribution is -0.192. The van der Waals surface area contributed by atoms with Crippen LogP contribution in [0.15, 0.2) is 22.7 Å². The number of rotatable bonds is 3. The molecule has 7 nitrogen and oxygen atoms in total. The highest BCUT2D eigenvalue weighted by atomic mass is 19.4. The Hall–Kier alpha value is -2.20. The molecule has 0 radical (unpaired) electrons. The maximum atomic E-state index is 10.6. The lowest BCUT2D eigenvalue weighted by Crippen LogP contribution is -2.27. The van der Waals surface area contributed by atoms with Gasteiger partial charge in [0, 0.05) is 12.2 Å². The Balaban J connectivity index is 0.000000295. The summed E-state index contributed by atoms with van der Waals surface area (Å²) in [5.74, 6) is -2.52. The van der Waals surface area contributed by atoms with Crippen LogP contribution >= 0.6 is 0 Å². The van der Waals surface area contributed by atoms with Gasteiger partial charge in [-0.05, 0) is 18.6 Å². The number of aliphatic hydroxyl groups is 1. The van der Waals surface area contributed by atoms with E-state index in [0.717, 1.165) is 0 Å². The number of carboxylic acids is 1. The molecular weight excluding hydrogens is 307 g/mol. The summed E-state index contributed by atoms with van der Waals surface area (Å²) in [6.07, 6.45) is -3.67. The summed E-state index contributed by atoms with van der Waals surface area (Å²) < 4.78 is 37.1. The van der Waals surface area contributed by atoms with Crippen LogP contribution in [-0.4, -0.2) is 38.4 Å². The zero-order chi connectivity index (χ0) is 16.9. The smallest absolute Gasteiger partial charge is 0.475 e. The highest BCUT2D eigenvalue weighted by Gasteiger charge is 2.38. The predicted octanol–water partition coefficient (Wildman–Crippen LogP) is 1.63. The third-order valence-electron chi connectivity index (χ3n) is 2.55. The van der Waals surface area contributed by atoms with Crippen LogP contribution in [0.5, 0.6) is 0 Å². The average molecular weight is 321 g/mol. The topological polar surface area (TPSA) is 122 Å². The van der Waals surface area contributed by atoms with Crippen molar-refractivity contribution in [2.24, 2.45) is 5.73 Å². The summed E-state index contributed by atoms with van der Waals surface area (Å²) in [6, 6.07) is 3.14. The molecule has 2 unspecified atom stereocenters. The van der Waals surface area contributed by atoms with Gasteiger partial charge < -0.3 is 20.4 Å². The maximum Gasteiger partial charge on any atom is 0.490 e. The van der Waals surface area contributed by atoms with E-state index >= 15 is 0 Å². The van der Waals surface area contributed by atoms with Crippen molar-refractivity contribution in [2.75, 3.05) is 0 Å². The van der Waals surface area contributed by atoms with Crippen molar-refractivity contribution < 1.29 is 32.6 Å². The first-order valence-electron chi connectivity index (χ1n) is 6.12. The fourth-order valence-electron chi connectivity index (χ4n) is 1.32. The predicted molar refractivity (Wildman–Crippen MR) is 68.7 cm³/mol. The van der Waals surface area contributed by atoms with E-state index in [9.17, 15) is 18.3 Å². The summed E-state index contributed by atoms with van der Waals surface area (Å²) in [4.78, 5) is 17.0. The van der Waals surface area contributed by atoms with E-state index in [1.165, 1.54) is 0 Å². The normalized spacial score (nSPS) is 14.1. The first kappa shape index (κ1) is 17.9. The molecule has 0 spiro atoms. The number of nitrogens with two attached hydrogens (primary N) is 1. The Labute approximate surface area is 122 Å². The van der Waals surface area contributed by atoms with Crippen LogP contribution in [0, 0.1) is 0 Å². The molecule has 0 aliphatic rings. The molecule has 2 atom stereocenters. The molecule has 0 aliphatic heterocycles. The van der Waals surface area contributed by atoms with Crippen LogP contribution in [0.25, 0.3) is 11.2 Å². The molecule has 2 aromatic heterocycles. The number of hydrogen-bond donors (Lipinski definition) is 3. The van der Waals surface area contributed by atoms with E-state index < -0.39 is 18.2 Å². The standard InChI is InChI=1S/C10H13N3O2.C2HF3O2/c1-2-6(11)8(14)10-13-9-7(15-10)4-3-5-12-9;3-2(4,5)1(6)7/h3-6,8,14H,2,11H2,1H3;(H,6,7). The van der Waals surface area contributed by atoms with Gasteiger partial charge in [0.15, 0.2) is 11.2 Å². The third kappa shape index (κ3) is 4.67. The minimum absolute atomic E-state index is 0.234. The zero-order valence-corrected chi connectivity index (χ0v) is 11.4. The Morgan fingerprint density at radius 1 is 1.50 bits per heavy atom. The van der Waals surface area contributed by atoms with Crippen LogP contribution in [0.3, 0.4) is 0 Å². The monoisotopic (exact) mass is 321 g/mol. The number of aromatic nitrogens is 2. The number of aliphatic carboxylic acids is 1. The van der Waals surface area contributed by atoms with Gasteiger partial charge >= 0.3 is 12.1 Å². The Morgan fingerprint density at radius 2 is 2.09 bits per heavy atom. The van der Waals surface area contributed by atoms with Crippen LogP contribution in [0.2, 0.25) is 0 Å². The van der Waals surface area contributed by atoms with Crippen molar-refractivity contribution in [3.63, 3.8) is 0 Å². The van der Waals surface area contributed by atoms with Crippen LogP contribution in [0.1, 0.15) is 25.3 Å². The van der Waals surface area contributed by atoms with Crippen molar-refractivity contribution in [1.82, 2.24) is 9.97 Å². The van der Waals surface area contributed by atoms with Gasteiger partial charge in [0.05, 0.1) is 0 Å². The molecular formula is C12H14F3N3O4. The fourth-order valence-corrected chi connectivity index (χ4v) is 1.32. The second-order valence-electron chi connectivity index (χ2n) is 4.20. The summed E-state index contributed by atoms with van der Waals surface area (Å²) in [5.41, 5.74) is 6.76. The van der Waals surface area contributed by atoms with Crippen molar-refractivity contribution in [3.05, 3.63) is 24.2 Å². The molecule has 0 bridgehead atoms. The second kappa shape index (κ2) is 7.18. The van der Waals surface area contributed by atoms with E-state index in [1.54, 1.807) is 18.3 Å². The first-order chi connectivity index (χ1) is 10.2. The van der Waals surface area contributed by atoms with Crippen molar-refractivity contribution >= 4 is 17.2 Å². The minimum Gasteiger partial charge on any atom is -0.475 e. The fraction of sp³-hybridized carbons (Fsp3) is 0.417. The minimum atomic E-state index is -5.08. The molecule has 0 amide bonds. The van der Waals surface area contributed by atoms with Gasteiger partial charge in [0.25, 0.3) is 0 Å². The second-order valence-corrected chi connectivity index (χ2v) is 4.20. The number of nitrogens with zero attached hydrogens (tertiary/aromatic N) is 2.